The molecule has 166 valence electrons. The molecule has 0 saturated carbocycles. The second-order valence-corrected chi connectivity index (χ2v) is 9.79. The fourth-order valence-corrected chi connectivity index (χ4v) is 4.98. The first-order valence-electron chi connectivity index (χ1n) is 9.88. The molecule has 2 aromatic carbocycles. The van der Waals surface area contributed by atoms with Gasteiger partial charge in [0.25, 0.3) is 0 Å². The Bertz CT molecular complexity index is 1040. The van der Waals surface area contributed by atoms with E-state index in [0.717, 1.165) is 12.8 Å². The fourth-order valence-electron chi connectivity index (χ4n) is 3.29. The average Bonchev–Trinajstić information content (AvgIpc) is 3.25. The number of nitrogens with zero attached hydrogens (tertiary/aromatic N) is 2. The molecular weight excluding hydrogens is 440 g/mol. The SMILES string of the molecule is CN(CC(=O)Nc1ccc(Cl)cc1)CC(=O)Nc1cccc(S(=O)(=O)N2CCCC2)c1. The van der Waals surface area contributed by atoms with E-state index in [1.807, 2.05) is 0 Å². The van der Waals surface area contributed by atoms with Crippen LogP contribution in [-0.4, -0.2) is 62.7 Å². The number of carbonyl (C=O) groups excluding carboxylic acids is 2. The minimum absolute atomic E-state index is 0.0133. The van der Waals surface area contributed by atoms with Gasteiger partial charge >= 0.3 is 0 Å². The number of likely N-dealkylation sites (N-methyl/N-ethyl adjacent to an activating group) is 1. The lowest BCUT2D eigenvalue weighted by molar-refractivity contribution is -0.119. The normalized spacial score (nSPS) is 14.5. The van der Waals surface area contributed by atoms with Gasteiger partial charge in [0, 0.05) is 29.5 Å². The number of anilines is 2. The Morgan fingerprint density at radius 1 is 0.968 bits per heavy atom. The lowest BCUT2D eigenvalue weighted by Gasteiger charge is -2.17. The molecule has 0 aliphatic carbocycles. The Labute approximate surface area is 187 Å². The Kier molecular flexibility index (Phi) is 7.66. The number of sulfonamides is 1. The number of hydrogen-bond donors (Lipinski definition) is 2. The number of rotatable bonds is 8. The first-order valence-corrected chi connectivity index (χ1v) is 11.7. The molecule has 0 bridgehead atoms. The minimum atomic E-state index is -3.56. The Morgan fingerprint density at radius 3 is 2.16 bits per heavy atom. The maximum Gasteiger partial charge on any atom is 0.243 e. The van der Waals surface area contributed by atoms with Gasteiger partial charge in [-0.25, -0.2) is 8.42 Å². The maximum absolute atomic E-state index is 12.7. The van der Waals surface area contributed by atoms with Crippen LogP contribution in [0.1, 0.15) is 12.8 Å². The van der Waals surface area contributed by atoms with Gasteiger partial charge in [0.15, 0.2) is 0 Å². The highest BCUT2D eigenvalue weighted by Crippen LogP contribution is 2.23. The summed E-state index contributed by atoms with van der Waals surface area (Å²) in [6, 6.07) is 12.9. The summed E-state index contributed by atoms with van der Waals surface area (Å²) in [4.78, 5) is 26.2. The van der Waals surface area contributed by atoms with Crippen molar-refractivity contribution in [3.8, 4) is 0 Å². The zero-order valence-corrected chi connectivity index (χ0v) is 18.7. The number of halogens is 1. The first-order chi connectivity index (χ1) is 14.7. The standard InChI is InChI=1S/C21H25ClN4O4S/c1-25(14-20(27)23-17-9-7-16(22)8-10-17)15-21(28)24-18-5-4-6-19(13-18)31(29,30)26-11-2-3-12-26/h4-10,13H,2-3,11-12,14-15H2,1H3,(H,23,27)(H,24,28). The van der Waals surface area contributed by atoms with Crippen molar-refractivity contribution in [3.63, 3.8) is 0 Å². The van der Waals surface area contributed by atoms with Gasteiger partial charge in [-0.3, -0.25) is 14.5 Å². The van der Waals surface area contributed by atoms with Gasteiger partial charge in [-0.15, -0.1) is 0 Å². The highest BCUT2D eigenvalue weighted by atomic mass is 35.5. The molecule has 1 saturated heterocycles. The molecule has 8 nitrogen and oxygen atoms in total. The van der Waals surface area contributed by atoms with E-state index in [4.69, 9.17) is 11.6 Å². The van der Waals surface area contributed by atoms with E-state index in [1.165, 1.54) is 16.4 Å². The number of hydrogen-bond acceptors (Lipinski definition) is 5. The molecule has 3 rings (SSSR count). The van der Waals surface area contributed by atoms with E-state index >= 15 is 0 Å². The van der Waals surface area contributed by atoms with E-state index in [1.54, 1.807) is 48.3 Å². The van der Waals surface area contributed by atoms with Crippen molar-refractivity contribution >= 4 is 44.8 Å². The smallest absolute Gasteiger partial charge is 0.243 e. The Morgan fingerprint density at radius 2 is 1.55 bits per heavy atom. The minimum Gasteiger partial charge on any atom is -0.325 e. The topological polar surface area (TPSA) is 98.8 Å². The third-order valence-corrected chi connectivity index (χ3v) is 6.92. The van der Waals surface area contributed by atoms with Crippen LogP contribution in [-0.2, 0) is 19.6 Å². The molecule has 10 heteroatoms. The summed E-state index contributed by atoms with van der Waals surface area (Å²) < 4.78 is 26.8. The molecule has 0 spiro atoms. The van der Waals surface area contributed by atoms with Crippen LogP contribution in [0.2, 0.25) is 5.02 Å². The van der Waals surface area contributed by atoms with E-state index in [0.29, 0.717) is 29.5 Å². The second kappa shape index (κ2) is 10.2. The lowest BCUT2D eigenvalue weighted by Crippen LogP contribution is -2.36. The molecule has 0 aromatic heterocycles. The van der Waals surface area contributed by atoms with Crippen molar-refractivity contribution in [3.05, 3.63) is 53.6 Å². The molecule has 2 N–H and O–H groups in total. The molecule has 2 aromatic rings. The van der Waals surface area contributed by atoms with Gasteiger partial charge in [0.05, 0.1) is 18.0 Å². The molecule has 0 atom stereocenters. The first kappa shape index (κ1) is 23.2. The summed E-state index contributed by atoms with van der Waals surface area (Å²) in [6.45, 7) is 1.01. The summed E-state index contributed by atoms with van der Waals surface area (Å²) in [6.07, 6.45) is 1.71. The van der Waals surface area contributed by atoms with Crippen LogP contribution in [0.3, 0.4) is 0 Å². The van der Waals surface area contributed by atoms with Gasteiger partial charge in [-0.2, -0.15) is 4.31 Å². The molecule has 1 aliphatic heterocycles. The summed E-state index contributed by atoms with van der Waals surface area (Å²) in [5.41, 5.74) is 1.01. The van der Waals surface area contributed by atoms with Gasteiger partial charge in [-0.05, 0) is 62.4 Å². The van der Waals surface area contributed by atoms with Gasteiger partial charge in [0.2, 0.25) is 21.8 Å². The predicted octanol–water partition coefficient (Wildman–Crippen LogP) is 2.63. The average molecular weight is 465 g/mol. The van der Waals surface area contributed by atoms with Crippen molar-refractivity contribution in [2.24, 2.45) is 0 Å². The van der Waals surface area contributed by atoms with Crippen LogP contribution in [0.4, 0.5) is 11.4 Å². The zero-order chi connectivity index (χ0) is 22.4. The Hall–Kier alpha value is -2.46. The summed E-state index contributed by atoms with van der Waals surface area (Å²) in [7, 11) is -1.91. The second-order valence-electron chi connectivity index (χ2n) is 7.41. The molecular formula is C21H25ClN4O4S. The fraction of sp³-hybridized carbons (Fsp3) is 0.333. The van der Waals surface area contributed by atoms with Crippen LogP contribution >= 0.6 is 11.6 Å². The van der Waals surface area contributed by atoms with Crippen LogP contribution in [0, 0.1) is 0 Å². The van der Waals surface area contributed by atoms with Crippen LogP contribution < -0.4 is 10.6 Å². The van der Waals surface area contributed by atoms with Crippen molar-refractivity contribution in [2.75, 3.05) is 43.9 Å². The third kappa shape index (κ3) is 6.51. The highest BCUT2D eigenvalue weighted by Gasteiger charge is 2.27. The highest BCUT2D eigenvalue weighted by molar-refractivity contribution is 7.89. The molecule has 1 aliphatic rings. The zero-order valence-electron chi connectivity index (χ0n) is 17.2. The number of carbonyl (C=O) groups is 2. The summed E-state index contributed by atoms with van der Waals surface area (Å²) in [5.74, 6) is -0.617. The Balaban J connectivity index is 1.53. The van der Waals surface area contributed by atoms with Crippen molar-refractivity contribution in [1.82, 2.24) is 9.21 Å². The predicted molar refractivity (Wildman–Crippen MR) is 121 cm³/mol. The van der Waals surface area contributed by atoms with E-state index < -0.39 is 10.0 Å². The largest absolute Gasteiger partial charge is 0.325 e. The number of amides is 2. The van der Waals surface area contributed by atoms with E-state index in [9.17, 15) is 18.0 Å². The molecule has 31 heavy (non-hydrogen) atoms. The lowest BCUT2D eigenvalue weighted by atomic mass is 10.3. The van der Waals surface area contributed by atoms with E-state index in [-0.39, 0.29) is 29.8 Å². The van der Waals surface area contributed by atoms with Gasteiger partial charge in [0.1, 0.15) is 0 Å². The van der Waals surface area contributed by atoms with Crippen molar-refractivity contribution < 1.29 is 18.0 Å². The van der Waals surface area contributed by atoms with Gasteiger partial charge < -0.3 is 10.6 Å². The van der Waals surface area contributed by atoms with Crippen LogP contribution in [0.25, 0.3) is 0 Å². The molecule has 1 fully saturated rings. The van der Waals surface area contributed by atoms with E-state index in [2.05, 4.69) is 10.6 Å². The number of nitrogens with one attached hydrogen (secondary N) is 2. The van der Waals surface area contributed by atoms with Crippen LogP contribution in [0.5, 0.6) is 0 Å². The van der Waals surface area contributed by atoms with Gasteiger partial charge in [-0.1, -0.05) is 17.7 Å². The summed E-state index contributed by atoms with van der Waals surface area (Å²) >= 11 is 5.82. The van der Waals surface area contributed by atoms with Crippen molar-refractivity contribution in [1.29, 1.82) is 0 Å². The monoisotopic (exact) mass is 464 g/mol. The molecule has 0 radical (unpaired) electrons. The maximum atomic E-state index is 12.7. The molecule has 2 amide bonds. The molecule has 1 heterocycles. The number of benzene rings is 2. The van der Waals surface area contributed by atoms with Crippen LogP contribution in [0.15, 0.2) is 53.4 Å². The quantitative estimate of drug-likeness (QED) is 0.625. The summed E-state index contributed by atoms with van der Waals surface area (Å²) in [5, 5.41) is 6.00. The van der Waals surface area contributed by atoms with Crippen molar-refractivity contribution in [2.45, 2.75) is 17.7 Å². The molecule has 0 unspecified atom stereocenters. The third-order valence-electron chi connectivity index (χ3n) is 4.78.